The van der Waals surface area contributed by atoms with Crippen molar-refractivity contribution in [3.8, 4) is 11.3 Å². The van der Waals surface area contributed by atoms with Crippen molar-refractivity contribution < 1.29 is 4.74 Å². The zero-order valence-electron chi connectivity index (χ0n) is 16.9. The molecule has 1 atom stereocenters. The van der Waals surface area contributed by atoms with E-state index in [1.165, 1.54) is 0 Å². The first kappa shape index (κ1) is 19.2. The fraction of sp³-hybridized carbons (Fsp3) is 0.304. The van der Waals surface area contributed by atoms with E-state index in [9.17, 15) is 0 Å². The van der Waals surface area contributed by atoms with Crippen molar-refractivity contribution in [2.75, 3.05) is 42.8 Å². The lowest BCUT2D eigenvalue weighted by molar-refractivity contribution is 0.120. The van der Waals surface area contributed by atoms with Crippen LogP contribution in [0.15, 0.2) is 60.7 Å². The highest BCUT2D eigenvalue weighted by atomic mass is 16.5. The Bertz CT molecular complexity index is 922. The molecule has 3 aromatic rings. The maximum Gasteiger partial charge on any atom is 0.229 e. The number of nitrogens with one attached hydrogen (secondary N) is 2. The highest BCUT2D eigenvalue weighted by Crippen LogP contribution is 2.24. The standard InChI is InChI=1S/C23H27N5O/c1-28(2)19-12-10-18(11-13-19)25-23-26-21(17-7-4-3-5-8-17)15-22(27-23)24-16-20-9-6-14-29-20/h3-5,7-8,10-13,15,20H,6,9,14,16H2,1-2H3,(H2,24,25,26,27). The van der Waals surface area contributed by atoms with Gasteiger partial charge in [-0.15, -0.1) is 0 Å². The second kappa shape index (κ2) is 8.92. The molecule has 6 heteroatoms. The number of ether oxygens (including phenoxy) is 1. The minimum Gasteiger partial charge on any atom is -0.378 e. The normalized spacial score (nSPS) is 15.9. The molecule has 2 aromatic carbocycles. The molecule has 2 N–H and O–H groups in total. The molecule has 0 amide bonds. The molecule has 0 aliphatic carbocycles. The van der Waals surface area contributed by atoms with Gasteiger partial charge in [-0.05, 0) is 37.1 Å². The van der Waals surface area contributed by atoms with E-state index in [2.05, 4.69) is 44.8 Å². The molecule has 1 aromatic heterocycles. The Labute approximate surface area is 172 Å². The number of aromatic nitrogens is 2. The first-order valence-corrected chi connectivity index (χ1v) is 10.0. The van der Waals surface area contributed by atoms with Crippen LogP contribution in [0.2, 0.25) is 0 Å². The lowest BCUT2D eigenvalue weighted by Gasteiger charge is -2.15. The Balaban J connectivity index is 1.58. The van der Waals surface area contributed by atoms with Crippen LogP contribution >= 0.6 is 0 Å². The largest absolute Gasteiger partial charge is 0.378 e. The number of hydrogen-bond donors (Lipinski definition) is 2. The van der Waals surface area contributed by atoms with Crippen LogP contribution in [0.4, 0.5) is 23.1 Å². The second-order valence-corrected chi connectivity index (χ2v) is 7.41. The highest BCUT2D eigenvalue weighted by Gasteiger charge is 2.16. The zero-order chi connectivity index (χ0) is 20.1. The molecule has 6 nitrogen and oxygen atoms in total. The summed E-state index contributed by atoms with van der Waals surface area (Å²) in [6.45, 7) is 1.60. The summed E-state index contributed by atoms with van der Waals surface area (Å²) in [7, 11) is 4.06. The van der Waals surface area contributed by atoms with Crippen molar-refractivity contribution in [2.45, 2.75) is 18.9 Å². The molecule has 1 fully saturated rings. The minimum absolute atomic E-state index is 0.250. The number of nitrogens with zero attached hydrogens (tertiary/aromatic N) is 3. The van der Waals surface area contributed by atoms with E-state index in [-0.39, 0.29) is 6.10 Å². The average molecular weight is 390 g/mol. The lowest BCUT2D eigenvalue weighted by atomic mass is 10.1. The van der Waals surface area contributed by atoms with Crippen LogP contribution in [0.1, 0.15) is 12.8 Å². The monoisotopic (exact) mass is 389 g/mol. The van der Waals surface area contributed by atoms with Crippen molar-refractivity contribution in [1.29, 1.82) is 0 Å². The van der Waals surface area contributed by atoms with Crippen LogP contribution in [0.5, 0.6) is 0 Å². The van der Waals surface area contributed by atoms with E-state index >= 15 is 0 Å². The zero-order valence-corrected chi connectivity index (χ0v) is 16.9. The van der Waals surface area contributed by atoms with E-state index < -0.39 is 0 Å². The third-order valence-electron chi connectivity index (χ3n) is 4.97. The molecule has 1 saturated heterocycles. The van der Waals surface area contributed by atoms with E-state index in [0.29, 0.717) is 5.95 Å². The Morgan fingerprint density at radius 1 is 1.03 bits per heavy atom. The van der Waals surface area contributed by atoms with E-state index in [1.54, 1.807) is 0 Å². The molecule has 0 bridgehead atoms. The van der Waals surface area contributed by atoms with Gasteiger partial charge >= 0.3 is 0 Å². The van der Waals surface area contributed by atoms with Crippen molar-refractivity contribution in [1.82, 2.24) is 9.97 Å². The molecule has 1 unspecified atom stereocenters. The van der Waals surface area contributed by atoms with Gasteiger partial charge in [-0.25, -0.2) is 4.98 Å². The first-order valence-electron chi connectivity index (χ1n) is 10.0. The number of benzene rings is 2. The number of rotatable bonds is 7. The highest BCUT2D eigenvalue weighted by molar-refractivity contribution is 5.66. The Kier molecular flexibility index (Phi) is 5.91. The van der Waals surface area contributed by atoms with Gasteiger partial charge in [-0.2, -0.15) is 4.98 Å². The number of hydrogen-bond acceptors (Lipinski definition) is 6. The quantitative estimate of drug-likeness (QED) is 0.618. The third kappa shape index (κ3) is 5.03. The van der Waals surface area contributed by atoms with Crippen molar-refractivity contribution in [3.05, 3.63) is 60.7 Å². The summed E-state index contributed by atoms with van der Waals surface area (Å²) in [6.07, 6.45) is 2.47. The van der Waals surface area contributed by atoms with Gasteiger partial charge in [0.25, 0.3) is 0 Å². The van der Waals surface area contributed by atoms with Crippen LogP contribution in [-0.4, -0.2) is 43.3 Å². The molecule has 1 aliphatic rings. The molecule has 0 radical (unpaired) electrons. The van der Waals surface area contributed by atoms with Crippen LogP contribution in [0, 0.1) is 0 Å². The number of anilines is 4. The molecular weight excluding hydrogens is 362 g/mol. The van der Waals surface area contributed by atoms with Gasteiger partial charge in [0.1, 0.15) is 5.82 Å². The SMILES string of the molecule is CN(C)c1ccc(Nc2nc(NCC3CCCO3)cc(-c3ccccc3)n2)cc1. The summed E-state index contributed by atoms with van der Waals surface area (Å²) < 4.78 is 5.72. The lowest BCUT2D eigenvalue weighted by Crippen LogP contribution is -2.19. The maximum atomic E-state index is 5.72. The van der Waals surface area contributed by atoms with Gasteiger partial charge in [0.15, 0.2) is 0 Å². The first-order chi connectivity index (χ1) is 14.2. The molecule has 29 heavy (non-hydrogen) atoms. The van der Waals surface area contributed by atoms with Gasteiger partial charge in [0, 0.05) is 50.3 Å². The molecular formula is C23H27N5O. The molecule has 4 rings (SSSR count). The fourth-order valence-electron chi connectivity index (χ4n) is 3.35. The summed E-state index contributed by atoms with van der Waals surface area (Å²) in [5, 5.41) is 6.76. The Morgan fingerprint density at radius 2 is 1.83 bits per heavy atom. The van der Waals surface area contributed by atoms with Gasteiger partial charge in [-0.3, -0.25) is 0 Å². The summed E-state index contributed by atoms with van der Waals surface area (Å²) in [5.74, 6) is 1.36. The van der Waals surface area contributed by atoms with E-state index in [1.807, 2.05) is 50.5 Å². The van der Waals surface area contributed by atoms with Crippen LogP contribution in [0.3, 0.4) is 0 Å². The van der Waals surface area contributed by atoms with Gasteiger partial charge < -0.3 is 20.3 Å². The van der Waals surface area contributed by atoms with Crippen molar-refractivity contribution in [2.24, 2.45) is 0 Å². The minimum atomic E-state index is 0.250. The summed E-state index contributed by atoms with van der Waals surface area (Å²) >= 11 is 0. The van der Waals surface area contributed by atoms with Crippen LogP contribution in [-0.2, 0) is 4.74 Å². The Morgan fingerprint density at radius 3 is 2.52 bits per heavy atom. The maximum absolute atomic E-state index is 5.72. The van der Waals surface area contributed by atoms with Gasteiger partial charge in [0.05, 0.1) is 11.8 Å². The molecule has 1 aliphatic heterocycles. The molecule has 150 valence electrons. The van der Waals surface area contributed by atoms with Crippen LogP contribution < -0.4 is 15.5 Å². The molecule has 0 spiro atoms. The van der Waals surface area contributed by atoms with Gasteiger partial charge in [-0.1, -0.05) is 30.3 Å². The van der Waals surface area contributed by atoms with Crippen molar-refractivity contribution in [3.63, 3.8) is 0 Å². The fourth-order valence-corrected chi connectivity index (χ4v) is 3.35. The third-order valence-corrected chi connectivity index (χ3v) is 4.97. The Hall–Kier alpha value is -3.12. The summed E-state index contributed by atoms with van der Waals surface area (Å²) in [6, 6.07) is 20.4. The predicted molar refractivity (Wildman–Crippen MR) is 119 cm³/mol. The molecule has 0 saturated carbocycles. The topological polar surface area (TPSA) is 62.3 Å². The van der Waals surface area contributed by atoms with E-state index in [4.69, 9.17) is 9.72 Å². The average Bonchev–Trinajstić information content (AvgIpc) is 3.27. The summed E-state index contributed by atoms with van der Waals surface area (Å²) in [5.41, 5.74) is 4.03. The van der Waals surface area contributed by atoms with Crippen molar-refractivity contribution >= 4 is 23.1 Å². The van der Waals surface area contributed by atoms with Gasteiger partial charge in [0.2, 0.25) is 5.95 Å². The summed E-state index contributed by atoms with van der Waals surface area (Å²) in [4.78, 5) is 11.5. The second-order valence-electron chi connectivity index (χ2n) is 7.41. The van der Waals surface area contributed by atoms with Crippen LogP contribution in [0.25, 0.3) is 11.3 Å². The predicted octanol–water partition coefficient (Wildman–Crippen LogP) is 4.54. The van der Waals surface area contributed by atoms with E-state index in [0.717, 1.165) is 54.4 Å². The smallest absolute Gasteiger partial charge is 0.229 e. The molecule has 2 heterocycles.